The predicted molar refractivity (Wildman–Crippen MR) is 85.4 cm³/mol. The largest absolute Gasteiger partial charge is 0.389 e. The molecule has 0 aliphatic carbocycles. The van der Waals surface area contributed by atoms with Crippen LogP contribution >= 0.6 is 0 Å². The summed E-state index contributed by atoms with van der Waals surface area (Å²) in [6, 6.07) is 8.12. The van der Waals surface area contributed by atoms with E-state index >= 15 is 0 Å². The van der Waals surface area contributed by atoms with Crippen LogP contribution in [-0.2, 0) is 13.1 Å². The van der Waals surface area contributed by atoms with E-state index in [0.29, 0.717) is 19.0 Å². The minimum Gasteiger partial charge on any atom is -0.389 e. The normalized spacial score (nSPS) is 23.0. The van der Waals surface area contributed by atoms with E-state index in [2.05, 4.69) is 24.5 Å². The van der Waals surface area contributed by atoms with Crippen LogP contribution < -0.4 is 0 Å². The fourth-order valence-corrected chi connectivity index (χ4v) is 3.03. The molecule has 1 N–H and O–H groups in total. The van der Waals surface area contributed by atoms with E-state index < -0.39 is 12.3 Å². The molecule has 5 heteroatoms. The van der Waals surface area contributed by atoms with Crippen molar-refractivity contribution in [2.75, 3.05) is 13.1 Å². The van der Waals surface area contributed by atoms with Crippen molar-refractivity contribution in [1.29, 1.82) is 0 Å². The molecule has 0 bridgehead atoms. The van der Waals surface area contributed by atoms with Gasteiger partial charge in [0.15, 0.2) is 0 Å². The Bertz CT molecular complexity index is 630. The first-order valence-electron chi connectivity index (χ1n) is 8.03. The highest BCUT2D eigenvalue weighted by atomic mass is 19.1. The van der Waals surface area contributed by atoms with Gasteiger partial charge >= 0.3 is 0 Å². The lowest BCUT2D eigenvalue weighted by Gasteiger charge is -2.16. The second-order valence-corrected chi connectivity index (χ2v) is 6.63. The average molecular weight is 305 g/mol. The molecule has 1 fully saturated rings. The van der Waals surface area contributed by atoms with Crippen LogP contribution in [0.1, 0.15) is 26.1 Å². The van der Waals surface area contributed by atoms with E-state index in [1.54, 1.807) is 0 Å². The van der Waals surface area contributed by atoms with Gasteiger partial charge < -0.3 is 9.67 Å². The molecular weight excluding hydrogens is 281 g/mol. The van der Waals surface area contributed by atoms with Crippen LogP contribution in [0.5, 0.6) is 0 Å². The Morgan fingerprint density at radius 2 is 2.09 bits per heavy atom. The molecule has 2 aromatic rings. The number of alkyl halides is 1. The average Bonchev–Trinajstić information content (AvgIpc) is 2.97. The molecule has 1 aliphatic heterocycles. The number of hydrogen-bond donors (Lipinski definition) is 1. The minimum atomic E-state index is -1.14. The molecule has 1 saturated heterocycles. The van der Waals surface area contributed by atoms with Gasteiger partial charge in [-0.25, -0.2) is 9.37 Å². The number of aryl methyl sites for hydroxylation is 1. The molecule has 0 spiro atoms. The van der Waals surface area contributed by atoms with Gasteiger partial charge in [0.2, 0.25) is 0 Å². The summed E-state index contributed by atoms with van der Waals surface area (Å²) >= 11 is 0. The molecule has 3 rings (SSSR count). The molecule has 0 saturated carbocycles. The number of rotatable bonds is 5. The first kappa shape index (κ1) is 15.4. The summed E-state index contributed by atoms with van der Waals surface area (Å²) in [6.07, 6.45) is -0.927. The van der Waals surface area contributed by atoms with Gasteiger partial charge in [0.05, 0.1) is 23.7 Å². The summed E-state index contributed by atoms with van der Waals surface area (Å²) in [4.78, 5) is 6.67. The number of hydrogen-bond acceptors (Lipinski definition) is 3. The summed E-state index contributed by atoms with van der Waals surface area (Å²) < 4.78 is 15.8. The Hall–Kier alpha value is -1.46. The lowest BCUT2D eigenvalue weighted by Crippen LogP contribution is -2.23. The van der Waals surface area contributed by atoms with Crippen LogP contribution in [-0.4, -0.2) is 44.9 Å². The molecule has 0 radical (unpaired) electrons. The molecule has 1 aliphatic rings. The van der Waals surface area contributed by atoms with Gasteiger partial charge in [-0.05, 0) is 24.5 Å². The highest BCUT2D eigenvalue weighted by molar-refractivity contribution is 5.75. The van der Waals surface area contributed by atoms with Crippen molar-refractivity contribution in [2.24, 2.45) is 5.92 Å². The third kappa shape index (κ3) is 3.15. The van der Waals surface area contributed by atoms with Crippen LogP contribution in [0.4, 0.5) is 4.39 Å². The smallest absolute Gasteiger partial charge is 0.140 e. The molecule has 1 aromatic heterocycles. The molecule has 1 aromatic carbocycles. The lowest BCUT2D eigenvalue weighted by atomic mass is 10.1. The van der Waals surface area contributed by atoms with E-state index in [1.165, 1.54) is 0 Å². The summed E-state index contributed by atoms with van der Waals surface area (Å²) in [7, 11) is 0. The Kier molecular flexibility index (Phi) is 4.45. The molecule has 4 nitrogen and oxygen atoms in total. The van der Waals surface area contributed by atoms with E-state index in [0.717, 1.165) is 29.8 Å². The van der Waals surface area contributed by atoms with Crippen LogP contribution in [0.15, 0.2) is 24.3 Å². The molecule has 0 unspecified atom stereocenters. The Labute approximate surface area is 130 Å². The summed E-state index contributed by atoms with van der Waals surface area (Å²) in [6.45, 7) is 6.60. The van der Waals surface area contributed by atoms with Crippen molar-refractivity contribution in [1.82, 2.24) is 14.5 Å². The number of likely N-dealkylation sites (tertiary alicyclic amines) is 1. The van der Waals surface area contributed by atoms with Gasteiger partial charge in [-0.3, -0.25) is 4.90 Å². The second-order valence-electron chi connectivity index (χ2n) is 6.63. The standard InChI is InChI=1S/C17H24FN3O/c1-12(2)7-8-21-15-6-4-3-5-14(15)19-17(21)11-20-9-13(18)16(22)10-20/h3-6,12-13,16,22H,7-11H2,1-2H3/t13-,16-/m1/s1. The fraction of sp³-hybridized carbons (Fsp3) is 0.588. The summed E-state index contributed by atoms with van der Waals surface area (Å²) in [5.74, 6) is 1.58. The van der Waals surface area contributed by atoms with Crippen LogP contribution in [0.25, 0.3) is 11.0 Å². The first-order chi connectivity index (χ1) is 10.5. The number of aromatic nitrogens is 2. The summed E-state index contributed by atoms with van der Waals surface area (Å²) in [5, 5.41) is 9.59. The number of benzene rings is 1. The molecule has 2 atom stereocenters. The number of aliphatic hydroxyl groups is 1. The van der Waals surface area contributed by atoms with Gasteiger partial charge in [0, 0.05) is 19.6 Å². The van der Waals surface area contributed by atoms with Gasteiger partial charge in [-0.2, -0.15) is 0 Å². The predicted octanol–water partition coefficient (Wildman–Crippen LogP) is 2.60. The Balaban J connectivity index is 1.85. The van der Waals surface area contributed by atoms with Crippen LogP contribution in [0, 0.1) is 5.92 Å². The number of para-hydroxylation sites is 2. The number of imidazole rings is 1. The highest BCUT2D eigenvalue weighted by Gasteiger charge is 2.31. The maximum Gasteiger partial charge on any atom is 0.140 e. The van der Waals surface area contributed by atoms with Crippen molar-refractivity contribution < 1.29 is 9.50 Å². The maximum atomic E-state index is 13.5. The zero-order valence-corrected chi connectivity index (χ0v) is 13.2. The van der Waals surface area contributed by atoms with Crippen LogP contribution in [0.2, 0.25) is 0 Å². The SMILES string of the molecule is CC(C)CCn1c(CN2C[C@@H](O)[C@H](F)C2)nc2ccccc21. The third-order valence-electron chi connectivity index (χ3n) is 4.32. The highest BCUT2D eigenvalue weighted by Crippen LogP contribution is 2.21. The molecule has 22 heavy (non-hydrogen) atoms. The van der Waals surface area contributed by atoms with Crippen molar-refractivity contribution >= 4 is 11.0 Å². The monoisotopic (exact) mass is 305 g/mol. The third-order valence-corrected chi connectivity index (χ3v) is 4.32. The molecule has 2 heterocycles. The van der Waals surface area contributed by atoms with E-state index in [1.807, 2.05) is 23.1 Å². The molecule has 0 amide bonds. The van der Waals surface area contributed by atoms with Crippen LogP contribution in [0.3, 0.4) is 0 Å². The van der Waals surface area contributed by atoms with Crippen molar-refractivity contribution in [3.63, 3.8) is 0 Å². The second kappa shape index (κ2) is 6.34. The fourth-order valence-electron chi connectivity index (χ4n) is 3.03. The molecule has 120 valence electrons. The van der Waals surface area contributed by atoms with Crippen molar-refractivity contribution in [3.05, 3.63) is 30.1 Å². The van der Waals surface area contributed by atoms with Crippen molar-refractivity contribution in [3.8, 4) is 0 Å². The van der Waals surface area contributed by atoms with Gasteiger partial charge in [-0.15, -0.1) is 0 Å². The maximum absolute atomic E-state index is 13.5. The topological polar surface area (TPSA) is 41.3 Å². The Morgan fingerprint density at radius 3 is 2.77 bits per heavy atom. The lowest BCUT2D eigenvalue weighted by molar-refractivity contribution is 0.115. The van der Waals surface area contributed by atoms with Gasteiger partial charge in [0.1, 0.15) is 12.0 Å². The quantitative estimate of drug-likeness (QED) is 0.923. The first-order valence-corrected chi connectivity index (χ1v) is 8.03. The number of fused-ring (bicyclic) bond motifs is 1. The Morgan fingerprint density at radius 1 is 1.32 bits per heavy atom. The summed E-state index contributed by atoms with van der Waals surface area (Å²) in [5.41, 5.74) is 2.12. The zero-order valence-electron chi connectivity index (χ0n) is 13.2. The minimum absolute atomic E-state index is 0.286. The van der Waals surface area contributed by atoms with E-state index in [4.69, 9.17) is 4.98 Å². The number of halogens is 1. The zero-order chi connectivity index (χ0) is 15.7. The van der Waals surface area contributed by atoms with E-state index in [-0.39, 0.29) is 6.54 Å². The van der Waals surface area contributed by atoms with Gasteiger partial charge in [-0.1, -0.05) is 26.0 Å². The molecular formula is C17H24FN3O. The number of nitrogens with zero attached hydrogens (tertiary/aromatic N) is 3. The number of β-amino-alcohol motifs (C(OH)–C–C–N with tert-alkyl or cyclic N) is 1. The van der Waals surface area contributed by atoms with Crippen molar-refractivity contribution in [2.45, 2.75) is 45.6 Å². The van der Waals surface area contributed by atoms with E-state index in [9.17, 15) is 9.50 Å². The number of aliphatic hydroxyl groups excluding tert-OH is 1. The van der Waals surface area contributed by atoms with Gasteiger partial charge in [0.25, 0.3) is 0 Å².